The molecule has 0 saturated carbocycles. The Kier molecular flexibility index (Phi) is 3.49. The van der Waals surface area contributed by atoms with Crippen molar-refractivity contribution in [2.75, 3.05) is 11.5 Å². The van der Waals surface area contributed by atoms with E-state index >= 15 is 0 Å². The molecule has 3 amide bonds. The number of ether oxygens (including phenoxy) is 1. The van der Waals surface area contributed by atoms with Crippen LogP contribution in [0.3, 0.4) is 0 Å². The average molecular weight is 322 g/mol. The largest absolute Gasteiger partial charge is 0.493 e. The highest BCUT2D eigenvalue weighted by Crippen LogP contribution is 2.32. The number of carbonyl (C=O) groups is 2. The number of hydrogen-bond acceptors (Lipinski definition) is 3. The maximum atomic E-state index is 12.8. The van der Waals surface area contributed by atoms with Crippen molar-refractivity contribution < 1.29 is 14.3 Å². The van der Waals surface area contributed by atoms with E-state index in [1.807, 2.05) is 42.5 Å². The Bertz CT molecular complexity index is 804. The highest BCUT2D eigenvalue weighted by Gasteiger charge is 2.43. The maximum Gasteiger partial charge on any atom is 0.332 e. The number of hydrogen-bond donors (Lipinski definition) is 0. The summed E-state index contributed by atoms with van der Waals surface area (Å²) in [6.45, 7) is 2.86. The summed E-state index contributed by atoms with van der Waals surface area (Å²) in [5.74, 6) is 0.654. The van der Waals surface area contributed by atoms with Crippen LogP contribution in [0.2, 0.25) is 0 Å². The van der Waals surface area contributed by atoms with E-state index in [0.29, 0.717) is 18.8 Å². The number of fused-ring (bicyclic) bond motifs is 1. The lowest BCUT2D eigenvalue weighted by Gasteiger charge is -2.19. The molecule has 0 aromatic heterocycles. The van der Waals surface area contributed by atoms with Gasteiger partial charge in [0.1, 0.15) is 11.8 Å². The molecule has 0 spiro atoms. The van der Waals surface area contributed by atoms with E-state index in [1.165, 1.54) is 4.90 Å². The van der Waals surface area contributed by atoms with Crippen molar-refractivity contribution in [2.45, 2.75) is 25.9 Å². The van der Waals surface area contributed by atoms with Gasteiger partial charge in [-0.05, 0) is 36.2 Å². The predicted molar refractivity (Wildman–Crippen MR) is 90.0 cm³/mol. The lowest BCUT2D eigenvalue weighted by Crippen LogP contribution is -2.33. The van der Waals surface area contributed by atoms with Crippen molar-refractivity contribution in [1.29, 1.82) is 0 Å². The van der Waals surface area contributed by atoms with E-state index in [0.717, 1.165) is 23.3 Å². The van der Waals surface area contributed by atoms with Gasteiger partial charge in [-0.15, -0.1) is 0 Å². The summed E-state index contributed by atoms with van der Waals surface area (Å²) in [5, 5.41) is 0. The minimum Gasteiger partial charge on any atom is -0.493 e. The van der Waals surface area contributed by atoms with Crippen LogP contribution in [0.4, 0.5) is 10.5 Å². The molecule has 2 heterocycles. The van der Waals surface area contributed by atoms with Gasteiger partial charge in [0.25, 0.3) is 5.91 Å². The second-order valence-corrected chi connectivity index (χ2v) is 6.14. The first-order valence-electron chi connectivity index (χ1n) is 8.09. The molecule has 0 N–H and O–H groups in total. The van der Waals surface area contributed by atoms with Crippen LogP contribution in [-0.4, -0.2) is 29.5 Å². The molecular formula is C19H18N2O3. The lowest BCUT2D eigenvalue weighted by molar-refractivity contribution is -0.119. The third-order valence-electron chi connectivity index (χ3n) is 4.61. The van der Waals surface area contributed by atoms with Gasteiger partial charge in [0, 0.05) is 13.0 Å². The summed E-state index contributed by atoms with van der Waals surface area (Å²) in [7, 11) is 0. The van der Waals surface area contributed by atoms with E-state index in [2.05, 4.69) is 0 Å². The molecule has 0 bridgehead atoms. The first kappa shape index (κ1) is 14.8. The number of imide groups is 1. The first-order valence-corrected chi connectivity index (χ1v) is 8.09. The van der Waals surface area contributed by atoms with Crippen LogP contribution in [0.15, 0.2) is 48.5 Å². The van der Waals surface area contributed by atoms with E-state index in [-0.39, 0.29) is 11.9 Å². The van der Waals surface area contributed by atoms with Crippen molar-refractivity contribution >= 4 is 17.6 Å². The number of benzene rings is 2. The molecule has 2 aromatic carbocycles. The lowest BCUT2D eigenvalue weighted by atomic mass is 10.1. The topological polar surface area (TPSA) is 49.9 Å². The van der Waals surface area contributed by atoms with Crippen molar-refractivity contribution in [3.8, 4) is 5.75 Å². The monoisotopic (exact) mass is 322 g/mol. The number of amides is 3. The van der Waals surface area contributed by atoms with Crippen LogP contribution >= 0.6 is 0 Å². The second kappa shape index (κ2) is 5.67. The van der Waals surface area contributed by atoms with Crippen LogP contribution in [0.25, 0.3) is 0 Å². The van der Waals surface area contributed by atoms with Gasteiger partial charge in [-0.25, -0.2) is 9.69 Å². The quantitative estimate of drug-likeness (QED) is 0.816. The molecule has 24 heavy (non-hydrogen) atoms. The van der Waals surface area contributed by atoms with Crippen LogP contribution in [-0.2, 0) is 17.8 Å². The molecule has 4 rings (SSSR count). The van der Waals surface area contributed by atoms with Gasteiger partial charge in [-0.1, -0.05) is 30.3 Å². The van der Waals surface area contributed by atoms with Crippen LogP contribution in [0, 0.1) is 0 Å². The van der Waals surface area contributed by atoms with Gasteiger partial charge in [0.05, 0.1) is 12.3 Å². The Hall–Kier alpha value is -2.82. The van der Waals surface area contributed by atoms with Crippen molar-refractivity contribution in [2.24, 2.45) is 0 Å². The molecule has 1 saturated heterocycles. The fourth-order valence-corrected chi connectivity index (χ4v) is 3.24. The van der Waals surface area contributed by atoms with Crippen LogP contribution in [0.5, 0.6) is 5.75 Å². The summed E-state index contributed by atoms with van der Waals surface area (Å²) in [5.41, 5.74) is 2.67. The number of nitrogens with zero attached hydrogens (tertiary/aromatic N) is 2. The summed E-state index contributed by atoms with van der Waals surface area (Å²) >= 11 is 0. The number of anilines is 1. The van der Waals surface area contributed by atoms with Crippen molar-refractivity contribution in [1.82, 2.24) is 4.90 Å². The Morgan fingerprint density at radius 1 is 1.12 bits per heavy atom. The molecular weight excluding hydrogens is 304 g/mol. The Morgan fingerprint density at radius 3 is 2.71 bits per heavy atom. The van der Waals surface area contributed by atoms with Gasteiger partial charge in [0.2, 0.25) is 0 Å². The van der Waals surface area contributed by atoms with Crippen LogP contribution < -0.4 is 9.64 Å². The molecule has 122 valence electrons. The zero-order chi connectivity index (χ0) is 16.7. The first-order chi connectivity index (χ1) is 11.6. The number of urea groups is 1. The fourth-order valence-electron chi connectivity index (χ4n) is 3.24. The van der Waals surface area contributed by atoms with E-state index in [9.17, 15) is 9.59 Å². The molecule has 0 aliphatic carbocycles. The number of carbonyl (C=O) groups excluding carboxylic acids is 2. The molecule has 2 aliphatic heterocycles. The zero-order valence-corrected chi connectivity index (χ0v) is 13.4. The molecule has 1 unspecified atom stereocenters. The van der Waals surface area contributed by atoms with Crippen molar-refractivity contribution in [3.63, 3.8) is 0 Å². The summed E-state index contributed by atoms with van der Waals surface area (Å²) < 4.78 is 5.49. The Morgan fingerprint density at radius 2 is 1.92 bits per heavy atom. The second-order valence-electron chi connectivity index (χ2n) is 6.14. The summed E-state index contributed by atoms with van der Waals surface area (Å²) in [4.78, 5) is 28.4. The SMILES string of the molecule is CC1C(=O)N(c2ccc3c(c2)CCO3)C(=O)N1Cc1ccccc1. The molecule has 0 radical (unpaired) electrons. The van der Waals surface area contributed by atoms with Gasteiger partial charge < -0.3 is 9.64 Å². The number of rotatable bonds is 3. The Labute approximate surface area is 140 Å². The minimum absolute atomic E-state index is 0.185. The predicted octanol–water partition coefficient (Wildman–Crippen LogP) is 2.98. The zero-order valence-electron chi connectivity index (χ0n) is 13.4. The van der Waals surface area contributed by atoms with Gasteiger partial charge in [-0.2, -0.15) is 0 Å². The van der Waals surface area contributed by atoms with E-state index in [4.69, 9.17) is 4.74 Å². The third-order valence-corrected chi connectivity index (χ3v) is 4.61. The fraction of sp³-hybridized carbons (Fsp3) is 0.263. The van der Waals surface area contributed by atoms with Gasteiger partial charge in [0.15, 0.2) is 0 Å². The normalized spacial score (nSPS) is 19.6. The van der Waals surface area contributed by atoms with Gasteiger partial charge >= 0.3 is 6.03 Å². The van der Waals surface area contributed by atoms with Crippen LogP contribution in [0.1, 0.15) is 18.1 Å². The highest BCUT2D eigenvalue weighted by atomic mass is 16.5. The molecule has 2 aliphatic rings. The molecule has 5 heteroatoms. The smallest absolute Gasteiger partial charge is 0.332 e. The highest BCUT2D eigenvalue weighted by molar-refractivity contribution is 6.21. The summed E-state index contributed by atoms with van der Waals surface area (Å²) in [6.07, 6.45) is 0.808. The molecule has 1 fully saturated rings. The van der Waals surface area contributed by atoms with E-state index < -0.39 is 6.04 Å². The third kappa shape index (κ3) is 2.33. The average Bonchev–Trinajstić information content (AvgIpc) is 3.14. The molecule has 2 aromatic rings. The summed E-state index contributed by atoms with van der Waals surface area (Å²) in [6, 6.07) is 14.5. The molecule has 1 atom stereocenters. The standard InChI is InChI=1S/C19H18N2O3/c1-13-18(22)21(16-7-8-17-15(11-16)9-10-24-17)19(23)20(13)12-14-5-3-2-4-6-14/h2-8,11,13H,9-10,12H2,1H3. The maximum absolute atomic E-state index is 12.8. The van der Waals surface area contributed by atoms with E-state index in [1.54, 1.807) is 17.9 Å². The van der Waals surface area contributed by atoms with Crippen molar-refractivity contribution in [3.05, 3.63) is 59.7 Å². The van der Waals surface area contributed by atoms with Gasteiger partial charge in [-0.3, -0.25) is 4.79 Å². The molecule has 5 nitrogen and oxygen atoms in total. The Balaban J connectivity index is 1.63. The minimum atomic E-state index is -0.470.